The SMILES string of the molecule is CCOC(=O)C(=O)C(C#N)c1ccc(Br)cc1. The number of nitrogens with zero attached hydrogens (tertiary/aromatic N) is 1. The van der Waals surface area contributed by atoms with E-state index in [1.165, 1.54) is 0 Å². The molecule has 1 unspecified atom stereocenters. The van der Waals surface area contributed by atoms with Crippen molar-refractivity contribution in [2.24, 2.45) is 0 Å². The van der Waals surface area contributed by atoms with Crippen LogP contribution in [0.2, 0.25) is 0 Å². The number of ether oxygens (including phenoxy) is 1. The maximum atomic E-state index is 11.6. The predicted molar refractivity (Wildman–Crippen MR) is 64.1 cm³/mol. The van der Waals surface area contributed by atoms with Gasteiger partial charge in [0, 0.05) is 4.47 Å². The van der Waals surface area contributed by atoms with Gasteiger partial charge in [0.05, 0.1) is 12.7 Å². The van der Waals surface area contributed by atoms with Crippen molar-refractivity contribution >= 4 is 27.7 Å². The molecule has 0 bridgehead atoms. The lowest BCUT2D eigenvalue weighted by atomic mass is 9.96. The molecular weight excluding hydrogens is 286 g/mol. The molecule has 4 nitrogen and oxygen atoms in total. The Labute approximate surface area is 107 Å². The summed E-state index contributed by atoms with van der Waals surface area (Å²) < 4.78 is 5.42. The zero-order chi connectivity index (χ0) is 12.8. The van der Waals surface area contributed by atoms with Gasteiger partial charge in [-0.15, -0.1) is 0 Å². The molecule has 5 heteroatoms. The Hall–Kier alpha value is -1.67. The van der Waals surface area contributed by atoms with Gasteiger partial charge in [-0.1, -0.05) is 28.1 Å². The number of hydrogen-bond acceptors (Lipinski definition) is 4. The summed E-state index contributed by atoms with van der Waals surface area (Å²) in [6.07, 6.45) is 0. The fraction of sp³-hybridized carbons (Fsp3) is 0.250. The summed E-state index contributed by atoms with van der Waals surface area (Å²) in [5.74, 6) is -2.92. The second-order valence-corrected chi connectivity index (χ2v) is 4.11. The molecule has 0 aliphatic carbocycles. The highest BCUT2D eigenvalue weighted by molar-refractivity contribution is 9.10. The standard InChI is InChI=1S/C12H10BrNO3/c1-2-17-12(16)11(15)10(7-14)8-3-5-9(13)6-4-8/h3-6,10H,2H2,1H3. The Kier molecular flexibility index (Phi) is 4.85. The maximum Gasteiger partial charge on any atom is 0.376 e. The number of carbonyl (C=O) groups excluding carboxylic acids is 2. The lowest BCUT2D eigenvalue weighted by Crippen LogP contribution is -2.23. The lowest BCUT2D eigenvalue weighted by molar-refractivity contribution is -0.153. The van der Waals surface area contributed by atoms with Crippen molar-refractivity contribution in [3.8, 4) is 6.07 Å². The number of benzene rings is 1. The van der Waals surface area contributed by atoms with Gasteiger partial charge >= 0.3 is 5.97 Å². The first-order valence-corrected chi connectivity index (χ1v) is 5.75. The van der Waals surface area contributed by atoms with E-state index < -0.39 is 17.7 Å². The topological polar surface area (TPSA) is 67.2 Å². The van der Waals surface area contributed by atoms with E-state index in [0.29, 0.717) is 5.56 Å². The number of carbonyl (C=O) groups is 2. The molecule has 0 heterocycles. The summed E-state index contributed by atoms with van der Waals surface area (Å²) in [5.41, 5.74) is 0.480. The summed E-state index contributed by atoms with van der Waals surface area (Å²) in [7, 11) is 0. The molecule has 0 N–H and O–H groups in total. The molecule has 0 aromatic heterocycles. The minimum absolute atomic E-state index is 0.114. The molecule has 88 valence electrons. The first-order valence-electron chi connectivity index (χ1n) is 4.96. The molecule has 1 aromatic rings. The van der Waals surface area contributed by atoms with E-state index in [1.807, 2.05) is 6.07 Å². The summed E-state index contributed by atoms with van der Waals surface area (Å²) in [6.45, 7) is 1.72. The summed E-state index contributed by atoms with van der Waals surface area (Å²) >= 11 is 3.25. The molecule has 0 saturated heterocycles. The highest BCUT2D eigenvalue weighted by Crippen LogP contribution is 2.19. The highest BCUT2D eigenvalue weighted by atomic mass is 79.9. The zero-order valence-electron chi connectivity index (χ0n) is 9.14. The third kappa shape index (κ3) is 3.40. The van der Waals surface area contributed by atoms with Crippen LogP contribution in [-0.2, 0) is 14.3 Å². The molecule has 0 amide bonds. The van der Waals surface area contributed by atoms with Crippen LogP contribution >= 0.6 is 15.9 Å². The molecule has 1 atom stereocenters. The van der Waals surface area contributed by atoms with E-state index in [9.17, 15) is 9.59 Å². The summed E-state index contributed by atoms with van der Waals surface area (Å²) in [6, 6.07) is 8.46. The van der Waals surface area contributed by atoms with Crippen LogP contribution in [0.15, 0.2) is 28.7 Å². The molecule has 0 aliphatic heterocycles. The molecule has 0 fully saturated rings. The predicted octanol–water partition coefficient (Wildman–Crippen LogP) is 2.19. The van der Waals surface area contributed by atoms with Gasteiger partial charge in [-0.2, -0.15) is 5.26 Å². The fourth-order valence-corrected chi connectivity index (χ4v) is 1.52. The number of esters is 1. The molecule has 0 spiro atoms. The van der Waals surface area contributed by atoms with E-state index in [1.54, 1.807) is 31.2 Å². The van der Waals surface area contributed by atoms with Crippen LogP contribution < -0.4 is 0 Å². The smallest absolute Gasteiger partial charge is 0.376 e. The average Bonchev–Trinajstić information content (AvgIpc) is 2.32. The Morgan fingerprint density at radius 3 is 2.47 bits per heavy atom. The van der Waals surface area contributed by atoms with Gasteiger partial charge in [-0.25, -0.2) is 4.79 Å². The number of rotatable bonds is 4. The van der Waals surface area contributed by atoms with Gasteiger partial charge in [-0.3, -0.25) is 4.79 Å². The summed E-state index contributed by atoms with van der Waals surface area (Å²) in [4.78, 5) is 22.9. The molecule has 1 aromatic carbocycles. The van der Waals surface area contributed by atoms with Crippen molar-refractivity contribution in [1.29, 1.82) is 5.26 Å². The van der Waals surface area contributed by atoms with E-state index in [0.717, 1.165) is 4.47 Å². The van der Waals surface area contributed by atoms with E-state index in [4.69, 9.17) is 5.26 Å². The first kappa shape index (κ1) is 13.4. The minimum Gasteiger partial charge on any atom is -0.460 e. The van der Waals surface area contributed by atoms with Crippen molar-refractivity contribution in [2.45, 2.75) is 12.8 Å². The summed E-state index contributed by atoms with van der Waals surface area (Å²) in [5, 5.41) is 8.95. The Morgan fingerprint density at radius 1 is 1.41 bits per heavy atom. The number of halogens is 1. The van der Waals surface area contributed by atoms with Crippen molar-refractivity contribution in [1.82, 2.24) is 0 Å². The average molecular weight is 296 g/mol. The lowest BCUT2D eigenvalue weighted by Gasteiger charge is -2.07. The van der Waals surface area contributed by atoms with Crippen LogP contribution in [0.5, 0.6) is 0 Å². The van der Waals surface area contributed by atoms with Gasteiger partial charge in [0.1, 0.15) is 5.92 Å². The van der Waals surface area contributed by atoms with Crippen LogP contribution in [0.3, 0.4) is 0 Å². The van der Waals surface area contributed by atoms with E-state index in [2.05, 4.69) is 20.7 Å². The van der Waals surface area contributed by atoms with E-state index >= 15 is 0 Å². The minimum atomic E-state index is -1.11. The van der Waals surface area contributed by atoms with Crippen molar-refractivity contribution in [2.75, 3.05) is 6.61 Å². The molecule has 17 heavy (non-hydrogen) atoms. The van der Waals surface area contributed by atoms with E-state index in [-0.39, 0.29) is 6.61 Å². The van der Waals surface area contributed by atoms with Gasteiger partial charge in [0.2, 0.25) is 0 Å². The third-order valence-electron chi connectivity index (χ3n) is 2.07. The van der Waals surface area contributed by atoms with Crippen LogP contribution in [0.1, 0.15) is 18.4 Å². The molecule has 0 radical (unpaired) electrons. The number of hydrogen-bond donors (Lipinski definition) is 0. The van der Waals surface area contributed by atoms with Crippen molar-refractivity contribution in [3.05, 3.63) is 34.3 Å². The Bertz CT molecular complexity index is 462. The second-order valence-electron chi connectivity index (χ2n) is 3.20. The molecular formula is C12H10BrNO3. The van der Waals surface area contributed by atoms with Gasteiger partial charge < -0.3 is 4.74 Å². The Morgan fingerprint density at radius 2 is 2.00 bits per heavy atom. The van der Waals surface area contributed by atoms with Gasteiger partial charge in [0.15, 0.2) is 0 Å². The van der Waals surface area contributed by atoms with Crippen LogP contribution in [0.25, 0.3) is 0 Å². The fourth-order valence-electron chi connectivity index (χ4n) is 1.26. The number of nitriles is 1. The third-order valence-corrected chi connectivity index (χ3v) is 2.60. The molecule has 0 saturated carbocycles. The highest BCUT2D eigenvalue weighted by Gasteiger charge is 2.27. The maximum absolute atomic E-state index is 11.6. The van der Waals surface area contributed by atoms with Gasteiger partial charge in [-0.05, 0) is 24.6 Å². The van der Waals surface area contributed by atoms with Crippen LogP contribution in [0, 0.1) is 11.3 Å². The number of ketones is 1. The Balaban J connectivity index is 2.93. The monoisotopic (exact) mass is 295 g/mol. The van der Waals surface area contributed by atoms with Crippen molar-refractivity contribution in [3.63, 3.8) is 0 Å². The quantitative estimate of drug-likeness (QED) is 0.631. The normalized spacial score (nSPS) is 11.4. The molecule has 0 aliphatic rings. The van der Waals surface area contributed by atoms with Crippen LogP contribution in [-0.4, -0.2) is 18.4 Å². The number of Topliss-reactive ketones (excluding diaryl/α,β-unsaturated/α-hetero) is 1. The largest absolute Gasteiger partial charge is 0.460 e. The molecule has 1 rings (SSSR count). The zero-order valence-corrected chi connectivity index (χ0v) is 10.7. The van der Waals surface area contributed by atoms with Crippen LogP contribution in [0.4, 0.5) is 0 Å². The first-order chi connectivity index (χ1) is 8.10. The van der Waals surface area contributed by atoms with Gasteiger partial charge in [0.25, 0.3) is 5.78 Å². The second kappa shape index (κ2) is 6.16. The van der Waals surface area contributed by atoms with Crippen molar-refractivity contribution < 1.29 is 14.3 Å².